The molecule has 1 fully saturated rings. The fourth-order valence-corrected chi connectivity index (χ4v) is 3.15. The summed E-state index contributed by atoms with van der Waals surface area (Å²) in [6, 6.07) is 5.39. The van der Waals surface area contributed by atoms with Crippen molar-refractivity contribution >= 4 is 15.8 Å². The first kappa shape index (κ1) is 17.7. The SMILES string of the molecule is CS(=O)(=O)c1ccc(C2(OC(=O)C(F)(F)F)CCNCC2)cc1. The Labute approximate surface area is 131 Å². The lowest BCUT2D eigenvalue weighted by atomic mass is 9.85. The Bertz CT molecular complexity index is 677. The van der Waals surface area contributed by atoms with Crippen LogP contribution in [0.2, 0.25) is 0 Å². The Hall–Kier alpha value is -1.61. The van der Waals surface area contributed by atoms with Crippen molar-refractivity contribution in [1.82, 2.24) is 5.32 Å². The average Bonchev–Trinajstić information content (AvgIpc) is 2.46. The van der Waals surface area contributed by atoms with Gasteiger partial charge >= 0.3 is 12.1 Å². The summed E-state index contributed by atoms with van der Waals surface area (Å²) < 4.78 is 65.4. The third kappa shape index (κ3) is 4.03. The quantitative estimate of drug-likeness (QED) is 0.841. The third-order valence-corrected chi connectivity index (χ3v) is 4.87. The van der Waals surface area contributed by atoms with E-state index in [1.807, 2.05) is 0 Å². The minimum absolute atomic E-state index is 0.0486. The van der Waals surface area contributed by atoms with Gasteiger partial charge < -0.3 is 10.1 Å². The summed E-state index contributed by atoms with van der Waals surface area (Å²) in [6.07, 6.45) is -3.70. The lowest BCUT2D eigenvalue weighted by molar-refractivity contribution is -0.217. The highest BCUT2D eigenvalue weighted by Gasteiger charge is 2.47. The first-order valence-corrected chi connectivity index (χ1v) is 8.75. The Kier molecular flexibility index (Phi) is 4.72. The second kappa shape index (κ2) is 6.12. The van der Waals surface area contributed by atoms with Crippen LogP contribution in [0, 0.1) is 0 Å². The molecule has 9 heteroatoms. The van der Waals surface area contributed by atoms with Crippen LogP contribution in [0.5, 0.6) is 0 Å². The highest BCUT2D eigenvalue weighted by molar-refractivity contribution is 7.90. The van der Waals surface area contributed by atoms with Crippen LogP contribution in [0.4, 0.5) is 13.2 Å². The molecule has 1 aliphatic heterocycles. The molecule has 0 aliphatic carbocycles. The lowest BCUT2D eigenvalue weighted by Gasteiger charge is -2.37. The summed E-state index contributed by atoms with van der Waals surface area (Å²) in [4.78, 5) is 11.3. The lowest BCUT2D eigenvalue weighted by Crippen LogP contribution is -2.45. The smallest absolute Gasteiger partial charge is 0.447 e. The van der Waals surface area contributed by atoms with Crippen LogP contribution in [0.1, 0.15) is 18.4 Å². The number of esters is 1. The summed E-state index contributed by atoms with van der Waals surface area (Å²) in [5, 5.41) is 2.99. The summed E-state index contributed by atoms with van der Waals surface area (Å²) in [6.45, 7) is 0.776. The van der Waals surface area contributed by atoms with Gasteiger partial charge in [0.05, 0.1) is 4.90 Å². The predicted octanol–water partition coefficient (Wildman–Crippen LogP) is 1.77. The Morgan fingerprint density at radius 2 is 1.70 bits per heavy atom. The summed E-state index contributed by atoms with van der Waals surface area (Å²) in [7, 11) is -3.42. The summed E-state index contributed by atoms with van der Waals surface area (Å²) in [5.41, 5.74) is -1.06. The van der Waals surface area contributed by atoms with Crippen LogP contribution in [0.3, 0.4) is 0 Å². The Morgan fingerprint density at radius 1 is 1.17 bits per heavy atom. The largest absolute Gasteiger partial charge is 0.490 e. The molecule has 0 saturated carbocycles. The van der Waals surface area contributed by atoms with Crippen LogP contribution < -0.4 is 5.32 Å². The van der Waals surface area contributed by atoms with E-state index < -0.39 is 27.6 Å². The van der Waals surface area contributed by atoms with Crippen LogP contribution in [0.25, 0.3) is 0 Å². The van der Waals surface area contributed by atoms with Gasteiger partial charge in [-0.3, -0.25) is 0 Å². The van der Waals surface area contributed by atoms with Crippen molar-refractivity contribution in [2.75, 3.05) is 19.3 Å². The molecule has 0 amide bonds. The van der Waals surface area contributed by atoms with Gasteiger partial charge in [0.2, 0.25) is 0 Å². The van der Waals surface area contributed by atoms with Crippen molar-refractivity contribution in [3.63, 3.8) is 0 Å². The predicted molar refractivity (Wildman–Crippen MR) is 75.5 cm³/mol. The number of sulfone groups is 1. The van der Waals surface area contributed by atoms with E-state index in [9.17, 15) is 26.4 Å². The molecule has 128 valence electrons. The number of alkyl halides is 3. The first-order chi connectivity index (χ1) is 10.5. The fraction of sp³-hybridized carbons (Fsp3) is 0.500. The zero-order valence-corrected chi connectivity index (χ0v) is 13.1. The fourth-order valence-electron chi connectivity index (χ4n) is 2.52. The Balaban J connectivity index is 2.37. The molecule has 0 radical (unpaired) electrons. The standard InChI is InChI=1S/C14H16F3NO4S/c1-23(20,21)11-4-2-10(3-5-11)13(6-8-18-9-7-13)22-12(19)14(15,16)17/h2-5,18H,6-9H2,1H3. The van der Waals surface area contributed by atoms with Crippen molar-refractivity contribution in [2.45, 2.75) is 29.5 Å². The minimum atomic E-state index is -5.08. The molecule has 0 bridgehead atoms. The van der Waals surface area contributed by atoms with Crippen molar-refractivity contribution in [1.29, 1.82) is 0 Å². The molecule has 0 unspecified atom stereocenters. The zero-order valence-electron chi connectivity index (χ0n) is 12.3. The van der Waals surface area contributed by atoms with Crippen molar-refractivity contribution in [3.05, 3.63) is 29.8 Å². The maximum Gasteiger partial charge on any atom is 0.490 e. The second-order valence-corrected chi connectivity index (χ2v) is 7.44. The molecular weight excluding hydrogens is 335 g/mol. The zero-order chi connectivity index (χ0) is 17.3. The number of rotatable bonds is 3. The van der Waals surface area contributed by atoms with E-state index >= 15 is 0 Å². The molecule has 1 saturated heterocycles. The molecule has 1 aliphatic rings. The maximum absolute atomic E-state index is 12.5. The average molecular weight is 351 g/mol. The summed E-state index contributed by atoms with van der Waals surface area (Å²) in [5.74, 6) is -2.24. The topological polar surface area (TPSA) is 72.5 Å². The number of nitrogens with one attached hydrogen (secondary N) is 1. The van der Waals surface area contributed by atoms with E-state index in [4.69, 9.17) is 4.74 Å². The van der Waals surface area contributed by atoms with E-state index in [1.165, 1.54) is 24.3 Å². The third-order valence-electron chi connectivity index (χ3n) is 3.74. The van der Waals surface area contributed by atoms with E-state index in [0.717, 1.165) is 6.26 Å². The molecule has 0 atom stereocenters. The molecular formula is C14H16F3NO4S. The van der Waals surface area contributed by atoms with E-state index in [1.54, 1.807) is 0 Å². The van der Waals surface area contributed by atoms with Gasteiger partial charge in [0.1, 0.15) is 5.60 Å². The molecule has 2 rings (SSSR count). The van der Waals surface area contributed by atoms with Crippen LogP contribution >= 0.6 is 0 Å². The molecule has 23 heavy (non-hydrogen) atoms. The summed E-state index contributed by atoms with van der Waals surface area (Å²) >= 11 is 0. The van der Waals surface area contributed by atoms with Gasteiger partial charge in [-0.05, 0) is 30.8 Å². The Morgan fingerprint density at radius 3 is 2.13 bits per heavy atom. The molecule has 0 aromatic heterocycles. The van der Waals surface area contributed by atoms with Gasteiger partial charge in [0.15, 0.2) is 9.84 Å². The van der Waals surface area contributed by atoms with Crippen molar-refractivity contribution < 1.29 is 31.1 Å². The number of ether oxygens (including phenoxy) is 1. The number of carbonyl (C=O) groups is 1. The van der Waals surface area contributed by atoms with Gasteiger partial charge in [-0.15, -0.1) is 0 Å². The molecule has 5 nitrogen and oxygen atoms in total. The van der Waals surface area contributed by atoms with Crippen LogP contribution in [0.15, 0.2) is 29.2 Å². The molecule has 0 spiro atoms. The van der Waals surface area contributed by atoms with E-state index in [0.29, 0.717) is 18.7 Å². The van der Waals surface area contributed by atoms with Crippen LogP contribution in [-0.4, -0.2) is 39.9 Å². The van der Waals surface area contributed by atoms with Gasteiger partial charge in [-0.1, -0.05) is 12.1 Å². The molecule has 1 aromatic carbocycles. The van der Waals surface area contributed by atoms with Gasteiger partial charge in [-0.2, -0.15) is 13.2 Å². The number of halogens is 3. The number of hydrogen-bond acceptors (Lipinski definition) is 5. The number of benzene rings is 1. The molecule has 1 N–H and O–H groups in total. The first-order valence-electron chi connectivity index (χ1n) is 6.86. The van der Waals surface area contributed by atoms with Gasteiger partial charge in [0, 0.05) is 19.1 Å². The molecule has 1 heterocycles. The second-order valence-electron chi connectivity index (χ2n) is 5.43. The van der Waals surface area contributed by atoms with Gasteiger partial charge in [0.25, 0.3) is 0 Å². The highest BCUT2D eigenvalue weighted by Crippen LogP contribution is 2.37. The van der Waals surface area contributed by atoms with Crippen LogP contribution in [-0.2, 0) is 25.0 Å². The minimum Gasteiger partial charge on any atom is -0.447 e. The number of carbonyl (C=O) groups excluding carboxylic acids is 1. The normalized spacial score (nSPS) is 18.4. The van der Waals surface area contributed by atoms with Crippen molar-refractivity contribution in [2.24, 2.45) is 0 Å². The monoisotopic (exact) mass is 351 g/mol. The van der Waals surface area contributed by atoms with E-state index in [2.05, 4.69) is 5.32 Å². The molecule has 1 aromatic rings. The number of hydrogen-bond donors (Lipinski definition) is 1. The maximum atomic E-state index is 12.5. The van der Waals surface area contributed by atoms with Gasteiger partial charge in [-0.25, -0.2) is 13.2 Å². The van der Waals surface area contributed by atoms with Crippen molar-refractivity contribution in [3.8, 4) is 0 Å². The van der Waals surface area contributed by atoms with E-state index in [-0.39, 0.29) is 17.7 Å². The highest BCUT2D eigenvalue weighted by atomic mass is 32.2. The number of piperidine rings is 1.